The van der Waals surface area contributed by atoms with Gasteiger partial charge in [0, 0.05) is 22.9 Å². The molecule has 0 fully saturated rings. The minimum absolute atomic E-state index is 0.108. The van der Waals surface area contributed by atoms with Gasteiger partial charge in [-0.3, -0.25) is 9.59 Å². The molecule has 0 bridgehead atoms. The highest BCUT2D eigenvalue weighted by Crippen LogP contribution is 2.33. The lowest BCUT2D eigenvalue weighted by Gasteiger charge is -2.15. The van der Waals surface area contributed by atoms with Crippen LogP contribution in [0.1, 0.15) is 50.2 Å². The molecule has 2 aromatic rings. The molecule has 0 saturated carbocycles. The van der Waals surface area contributed by atoms with E-state index in [0.29, 0.717) is 23.4 Å². The third kappa shape index (κ3) is 3.78. The number of carbonyl (C=O) groups is 2. The molecule has 24 heavy (non-hydrogen) atoms. The second kappa shape index (κ2) is 7.07. The van der Waals surface area contributed by atoms with Crippen molar-refractivity contribution in [2.75, 3.05) is 13.7 Å². The van der Waals surface area contributed by atoms with Crippen LogP contribution in [0.2, 0.25) is 0 Å². The van der Waals surface area contributed by atoms with Crippen LogP contribution in [0.4, 0.5) is 0 Å². The molecule has 0 radical (unpaired) electrons. The van der Waals surface area contributed by atoms with Crippen LogP contribution in [0.3, 0.4) is 0 Å². The lowest BCUT2D eigenvalue weighted by Crippen LogP contribution is -2.27. The van der Waals surface area contributed by atoms with Gasteiger partial charge in [-0.25, -0.2) is 0 Å². The van der Waals surface area contributed by atoms with Gasteiger partial charge in [-0.05, 0) is 24.6 Å². The maximum Gasteiger partial charge on any atom is 0.224 e. The maximum absolute atomic E-state index is 12.7. The molecule has 0 saturated heterocycles. The summed E-state index contributed by atoms with van der Waals surface area (Å²) in [5, 5.41) is 3.59. The average molecular weight is 331 g/mol. The normalized spacial score (nSPS) is 11.5. The monoisotopic (exact) mass is 331 g/mol. The van der Waals surface area contributed by atoms with E-state index < -0.39 is 5.41 Å². The Morgan fingerprint density at radius 1 is 1.25 bits per heavy atom. The molecule has 130 valence electrons. The van der Waals surface area contributed by atoms with Crippen molar-refractivity contribution in [1.82, 2.24) is 5.32 Å². The second-order valence-electron chi connectivity index (χ2n) is 6.88. The Morgan fingerprint density at radius 2 is 1.96 bits per heavy atom. The predicted octanol–water partition coefficient (Wildman–Crippen LogP) is 3.74. The first-order valence-corrected chi connectivity index (χ1v) is 8.18. The van der Waals surface area contributed by atoms with Crippen LogP contribution in [0.15, 0.2) is 22.6 Å². The standard InChI is InChI=1S/C19H25NO4/c1-6-9-20-16(21)11-14-13-10-12(23-5)7-8-15(13)24-17(14)18(22)19(2,3)4/h7-8,10H,6,9,11H2,1-5H3,(H,20,21). The van der Waals surface area contributed by atoms with Gasteiger partial charge in [0.05, 0.1) is 13.5 Å². The summed E-state index contributed by atoms with van der Waals surface area (Å²) in [6.45, 7) is 8.12. The van der Waals surface area contributed by atoms with E-state index in [1.807, 2.05) is 27.7 Å². The number of fused-ring (bicyclic) bond motifs is 1. The number of methoxy groups -OCH3 is 1. The van der Waals surface area contributed by atoms with Gasteiger partial charge < -0.3 is 14.5 Å². The van der Waals surface area contributed by atoms with Crippen LogP contribution < -0.4 is 10.1 Å². The Bertz CT molecular complexity index is 753. The highest BCUT2D eigenvalue weighted by molar-refractivity contribution is 6.04. The van der Waals surface area contributed by atoms with Crippen LogP contribution in [-0.4, -0.2) is 25.3 Å². The molecule has 5 nitrogen and oxygen atoms in total. The Balaban J connectivity index is 2.53. The minimum Gasteiger partial charge on any atom is -0.497 e. The third-order valence-corrected chi connectivity index (χ3v) is 3.79. The largest absolute Gasteiger partial charge is 0.497 e. The van der Waals surface area contributed by atoms with Gasteiger partial charge in [0.2, 0.25) is 11.7 Å². The maximum atomic E-state index is 12.7. The molecule has 0 atom stereocenters. The zero-order valence-electron chi connectivity index (χ0n) is 15.0. The average Bonchev–Trinajstić information content (AvgIpc) is 2.88. The molecule has 0 aliphatic rings. The van der Waals surface area contributed by atoms with Gasteiger partial charge >= 0.3 is 0 Å². The van der Waals surface area contributed by atoms with E-state index in [0.717, 1.165) is 11.8 Å². The van der Waals surface area contributed by atoms with E-state index in [-0.39, 0.29) is 23.9 Å². The molecule has 0 spiro atoms. The van der Waals surface area contributed by atoms with Gasteiger partial charge in [-0.1, -0.05) is 27.7 Å². The topological polar surface area (TPSA) is 68.5 Å². The Hall–Kier alpha value is -2.30. The molecule has 2 rings (SSSR count). The number of amides is 1. The Morgan fingerprint density at radius 3 is 2.54 bits per heavy atom. The first-order valence-electron chi connectivity index (χ1n) is 8.18. The van der Waals surface area contributed by atoms with Crippen molar-refractivity contribution in [2.45, 2.75) is 40.5 Å². The van der Waals surface area contributed by atoms with Gasteiger partial charge in [0.15, 0.2) is 5.76 Å². The fraction of sp³-hybridized carbons (Fsp3) is 0.474. The molecule has 0 aliphatic heterocycles. The molecule has 0 unspecified atom stereocenters. The van der Waals surface area contributed by atoms with Crippen molar-refractivity contribution in [3.05, 3.63) is 29.5 Å². The number of carbonyl (C=O) groups excluding carboxylic acids is 2. The van der Waals surface area contributed by atoms with Crippen molar-refractivity contribution < 1.29 is 18.7 Å². The van der Waals surface area contributed by atoms with Gasteiger partial charge in [0.1, 0.15) is 11.3 Å². The summed E-state index contributed by atoms with van der Waals surface area (Å²) >= 11 is 0. The number of ketones is 1. The van der Waals surface area contributed by atoms with E-state index in [1.165, 1.54) is 0 Å². The predicted molar refractivity (Wildman–Crippen MR) is 93.6 cm³/mol. The summed E-state index contributed by atoms with van der Waals surface area (Å²) in [6, 6.07) is 5.35. The van der Waals surface area contributed by atoms with Crippen molar-refractivity contribution in [2.24, 2.45) is 5.41 Å². The Labute approximate surface area is 142 Å². The lowest BCUT2D eigenvalue weighted by molar-refractivity contribution is -0.120. The Kier molecular flexibility index (Phi) is 5.32. The van der Waals surface area contributed by atoms with Crippen LogP contribution in [0.5, 0.6) is 5.75 Å². The number of nitrogens with one attached hydrogen (secondary N) is 1. The van der Waals surface area contributed by atoms with Crippen molar-refractivity contribution in [1.29, 1.82) is 0 Å². The number of benzene rings is 1. The van der Waals surface area contributed by atoms with Crippen LogP contribution in [-0.2, 0) is 11.2 Å². The van der Waals surface area contributed by atoms with Crippen LogP contribution in [0, 0.1) is 5.41 Å². The first-order chi connectivity index (χ1) is 11.3. The third-order valence-electron chi connectivity index (χ3n) is 3.79. The fourth-order valence-corrected chi connectivity index (χ4v) is 2.44. The zero-order valence-corrected chi connectivity index (χ0v) is 15.0. The highest BCUT2D eigenvalue weighted by Gasteiger charge is 2.30. The SMILES string of the molecule is CCCNC(=O)Cc1c(C(=O)C(C)(C)C)oc2ccc(OC)cc12. The molecule has 0 aliphatic carbocycles. The number of ether oxygens (including phenoxy) is 1. The number of Topliss-reactive ketones (excluding diaryl/α,β-unsaturated/α-hetero) is 1. The molecule has 1 aromatic carbocycles. The molecule has 1 heterocycles. The zero-order chi connectivity index (χ0) is 17.9. The number of hydrogen-bond donors (Lipinski definition) is 1. The summed E-state index contributed by atoms with van der Waals surface area (Å²) in [7, 11) is 1.58. The second-order valence-corrected chi connectivity index (χ2v) is 6.88. The quantitative estimate of drug-likeness (QED) is 0.819. The summed E-state index contributed by atoms with van der Waals surface area (Å²) in [5.74, 6) is 0.687. The van der Waals surface area contributed by atoms with Crippen LogP contribution in [0.25, 0.3) is 11.0 Å². The molecule has 5 heteroatoms. The summed E-state index contributed by atoms with van der Waals surface area (Å²) < 4.78 is 11.1. The molecule has 1 aromatic heterocycles. The van der Waals surface area contributed by atoms with E-state index >= 15 is 0 Å². The molecular weight excluding hydrogens is 306 g/mol. The summed E-state index contributed by atoms with van der Waals surface area (Å²) in [4.78, 5) is 24.9. The smallest absolute Gasteiger partial charge is 0.224 e. The van der Waals surface area contributed by atoms with Crippen molar-refractivity contribution in [3.8, 4) is 5.75 Å². The van der Waals surface area contributed by atoms with E-state index in [1.54, 1.807) is 25.3 Å². The molecular formula is C19H25NO4. The van der Waals surface area contributed by atoms with Crippen LogP contribution >= 0.6 is 0 Å². The van der Waals surface area contributed by atoms with Gasteiger partial charge in [-0.15, -0.1) is 0 Å². The van der Waals surface area contributed by atoms with Crippen molar-refractivity contribution in [3.63, 3.8) is 0 Å². The van der Waals surface area contributed by atoms with E-state index in [2.05, 4.69) is 5.32 Å². The highest BCUT2D eigenvalue weighted by atomic mass is 16.5. The molecule has 1 N–H and O–H groups in total. The van der Waals surface area contributed by atoms with Gasteiger partial charge in [0.25, 0.3) is 0 Å². The first kappa shape index (κ1) is 18.0. The van der Waals surface area contributed by atoms with E-state index in [4.69, 9.17) is 9.15 Å². The number of rotatable bonds is 6. The summed E-state index contributed by atoms with van der Waals surface area (Å²) in [5.41, 5.74) is 0.617. The number of hydrogen-bond acceptors (Lipinski definition) is 4. The van der Waals surface area contributed by atoms with Gasteiger partial charge in [-0.2, -0.15) is 0 Å². The molecule has 1 amide bonds. The fourth-order valence-electron chi connectivity index (χ4n) is 2.44. The van der Waals surface area contributed by atoms with E-state index in [9.17, 15) is 9.59 Å². The number of furan rings is 1. The lowest BCUT2D eigenvalue weighted by atomic mass is 9.87. The minimum atomic E-state index is -0.591. The summed E-state index contributed by atoms with van der Waals surface area (Å²) in [6.07, 6.45) is 0.969. The van der Waals surface area contributed by atoms with Crippen molar-refractivity contribution >= 4 is 22.7 Å².